The van der Waals surface area contributed by atoms with E-state index in [4.69, 9.17) is 15.2 Å². The molecule has 0 aliphatic rings. The van der Waals surface area contributed by atoms with Crippen molar-refractivity contribution in [1.29, 1.82) is 0 Å². The Labute approximate surface area is 124 Å². The average molecular weight is 285 g/mol. The van der Waals surface area contributed by atoms with E-state index in [0.29, 0.717) is 0 Å². The molecule has 110 valence electrons. The summed E-state index contributed by atoms with van der Waals surface area (Å²) in [6.45, 7) is 0. The van der Waals surface area contributed by atoms with E-state index in [1.54, 1.807) is 14.2 Å². The van der Waals surface area contributed by atoms with Gasteiger partial charge in [-0.3, -0.25) is 4.79 Å². The fourth-order valence-corrected chi connectivity index (χ4v) is 2.30. The van der Waals surface area contributed by atoms with Crippen LogP contribution in [0.3, 0.4) is 0 Å². The Hall–Kier alpha value is -2.49. The summed E-state index contributed by atoms with van der Waals surface area (Å²) in [5.41, 5.74) is 7.45. The van der Waals surface area contributed by atoms with Crippen molar-refractivity contribution in [2.75, 3.05) is 14.2 Å². The Bertz CT molecular complexity index is 543. The molecule has 0 unspecified atom stereocenters. The molecule has 2 N–H and O–H groups in total. The lowest BCUT2D eigenvalue weighted by atomic mass is 9.88. The fraction of sp³-hybridized carbons (Fsp3) is 0.235. The normalized spacial score (nSPS) is 10.4. The van der Waals surface area contributed by atoms with Crippen molar-refractivity contribution in [2.24, 2.45) is 5.73 Å². The zero-order valence-corrected chi connectivity index (χ0v) is 12.2. The number of ether oxygens (including phenoxy) is 2. The maximum absolute atomic E-state index is 11.4. The molecular weight excluding hydrogens is 266 g/mol. The number of benzene rings is 2. The number of methoxy groups -OCH3 is 2. The van der Waals surface area contributed by atoms with Gasteiger partial charge in [-0.05, 0) is 35.4 Å². The van der Waals surface area contributed by atoms with Crippen LogP contribution >= 0.6 is 0 Å². The van der Waals surface area contributed by atoms with Crippen molar-refractivity contribution in [2.45, 2.75) is 12.3 Å². The summed E-state index contributed by atoms with van der Waals surface area (Å²) in [6, 6.07) is 15.3. The van der Waals surface area contributed by atoms with Crippen LogP contribution in [0, 0.1) is 0 Å². The molecule has 0 spiro atoms. The van der Waals surface area contributed by atoms with E-state index in [1.165, 1.54) is 0 Å². The highest BCUT2D eigenvalue weighted by molar-refractivity contribution is 5.75. The van der Waals surface area contributed by atoms with Crippen LogP contribution in [0.25, 0.3) is 0 Å². The molecule has 4 heteroatoms. The van der Waals surface area contributed by atoms with Gasteiger partial charge in [-0.15, -0.1) is 0 Å². The predicted molar refractivity (Wildman–Crippen MR) is 81.6 cm³/mol. The van der Waals surface area contributed by atoms with Gasteiger partial charge in [0.1, 0.15) is 11.5 Å². The van der Waals surface area contributed by atoms with Gasteiger partial charge in [0.05, 0.1) is 14.2 Å². The first-order valence-corrected chi connectivity index (χ1v) is 6.70. The summed E-state index contributed by atoms with van der Waals surface area (Å²) in [5.74, 6) is 1.17. The largest absolute Gasteiger partial charge is 0.497 e. The molecule has 0 heterocycles. The number of carbonyl (C=O) groups is 1. The second-order valence-corrected chi connectivity index (χ2v) is 4.77. The van der Waals surface area contributed by atoms with Crippen LogP contribution in [0.5, 0.6) is 11.5 Å². The Balaban J connectivity index is 2.33. The van der Waals surface area contributed by atoms with Gasteiger partial charge in [-0.2, -0.15) is 0 Å². The van der Waals surface area contributed by atoms with Crippen LogP contribution in [0.2, 0.25) is 0 Å². The van der Waals surface area contributed by atoms with E-state index in [-0.39, 0.29) is 18.2 Å². The van der Waals surface area contributed by atoms with Gasteiger partial charge in [0.15, 0.2) is 0 Å². The first kappa shape index (κ1) is 14.9. The number of carbonyl (C=O) groups excluding carboxylic acids is 1. The number of amides is 1. The first-order valence-electron chi connectivity index (χ1n) is 6.70. The van der Waals surface area contributed by atoms with Gasteiger partial charge in [-0.1, -0.05) is 24.3 Å². The summed E-state index contributed by atoms with van der Waals surface area (Å²) in [7, 11) is 3.25. The zero-order valence-electron chi connectivity index (χ0n) is 12.2. The van der Waals surface area contributed by atoms with Crippen LogP contribution < -0.4 is 15.2 Å². The molecule has 0 radical (unpaired) electrons. The minimum atomic E-state index is -0.327. The third-order valence-electron chi connectivity index (χ3n) is 3.44. The Morgan fingerprint density at radius 3 is 1.57 bits per heavy atom. The van der Waals surface area contributed by atoms with Crippen molar-refractivity contribution in [1.82, 2.24) is 0 Å². The van der Waals surface area contributed by atoms with Gasteiger partial charge in [0.25, 0.3) is 0 Å². The van der Waals surface area contributed by atoms with Gasteiger partial charge in [0.2, 0.25) is 5.91 Å². The molecule has 2 rings (SSSR count). The van der Waals surface area contributed by atoms with Crippen LogP contribution in [-0.4, -0.2) is 20.1 Å². The lowest BCUT2D eigenvalue weighted by Crippen LogP contribution is -2.16. The van der Waals surface area contributed by atoms with Crippen molar-refractivity contribution < 1.29 is 14.3 Å². The molecule has 2 aromatic rings. The number of hydrogen-bond acceptors (Lipinski definition) is 3. The van der Waals surface area contributed by atoms with Crippen molar-refractivity contribution in [3.63, 3.8) is 0 Å². The highest BCUT2D eigenvalue weighted by Gasteiger charge is 2.17. The molecule has 0 fully saturated rings. The predicted octanol–water partition coefficient (Wildman–Crippen LogP) is 2.71. The van der Waals surface area contributed by atoms with Crippen LogP contribution in [0.4, 0.5) is 0 Å². The van der Waals surface area contributed by atoms with Gasteiger partial charge < -0.3 is 15.2 Å². The topological polar surface area (TPSA) is 61.5 Å². The SMILES string of the molecule is COc1ccc(C(CC(N)=O)c2ccc(OC)cc2)cc1. The quantitative estimate of drug-likeness (QED) is 0.887. The Morgan fingerprint density at radius 2 is 1.29 bits per heavy atom. The number of nitrogens with two attached hydrogens (primary N) is 1. The number of primary amides is 1. The minimum absolute atomic E-state index is 0.0701. The number of rotatable bonds is 6. The highest BCUT2D eigenvalue weighted by atomic mass is 16.5. The van der Waals surface area contributed by atoms with Crippen molar-refractivity contribution in [3.05, 3.63) is 59.7 Å². The number of hydrogen-bond donors (Lipinski definition) is 1. The molecule has 21 heavy (non-hydrogen) atoms. The molecule has 0 aromatic heterocycles. The summed E-state index contributed by atoms with van der Waals surface area (Å²) >= 11 is 0. The summed E-state index contributed by atoms with van der Waals surface area (Å²) in [6.07, 6.45) is 0.263. The fourth-order valence-electron chi connectivity index (χ4n) is 2.30. The second kappa shape index (κ2) is 6.79. The Kier molecular flexibility index (Phi) is 4.82. The molecule has 0 atom stereocenters. The molecule has 0 bridgehead atoms. The second-order valence-electron chi connectivity index (χ2n) is 4.77. The third kappa shape index (κ3) is 3.75. The van der Waals surface area contributed by atoms with E-state index in [9.17, 15) is 4.79 Å². The lowest BCUT2D eigenvalue weighted by molar-refractivity contribution is -0.118. The van der Waals surface area contributed by atoms with Crippen LogP contribution in [0.1, 0.15) is 23.5 Å². The average Bonchev–Trinajstić information content (AvgIpc) is 2.53. The van der Waals surface area contributed by atoms with Gasteiger partial charge in [0, 0.05) is 12.3 Å². The molecular formula is C17H19NO3. The standard InChI is InChI=1S/C17H19NO3/c1-20-14-7-3-12(4-8-14)16(11-17(18)19)13-5-9-15(21-2)10-6-13/h3-10,16H,11H2,1-2H3,(H2,18,19). The van der Waals surface area contributed by atoms with Crippen molar-refractivity contribution >= 4 is 5.91 Å². The molecule has 4 nitrogen and oxygen atoms in total. The molecule has 0 aliphatic heterocycles. The smallest absolute Gasteiger partial charge is 0.218 e. The highest BCUT2D eigenvalue weighted by Crippen LogP contribution is 2.30. The summed E-state index contributed by atoms with van der Waals surface area (Å²) < 4.78 is 10.3. The minimum Gasteiger partial charge on any atom is -0.497 e. The first-order chi connectivity index (χ1) is 10.1. The zero-order chi connectivity index (χ0) is 15.2. The van der Waals surface area contributed by atoms with E-state index in [0.717, 1.165) is 22.6 Å². The van der Waals surface area contributed by atoms with E-state index < -0.39 is 0 Å². The maximum atomic E-state index is 11.4. The molecule has 1 amide bonds. The summed E-state index contributed by atoms with van der Waals surface area (Å²) in [5, 5.41) is 0. The molecule has 0 aliphatic carbocycles. The molecule has 0 saturated heterocycles. The Morgan fingerprint density at radius 1 is 0.905 bits per heavy atom. The van der Waals surface area contributed by atoms with Gasteiger partial charge in [-0.25, -0.2) is 0 Å². The van der Waals surface area contributed by atoms with E-state index >= 15 is 0 Å². The van der Waals surface area contributed by atoms with E-state index in [2.05, 4.69) is 0 Å². The summed E-state index contributed by atoms with van der Waals surface area (Å²) in [4.78, 5) is 11.4. The van der Waals surface area contributed by atoms with Crippen molar-refractivity contribution in [3.8, 4) is 11.5 Å². The third-order valence-corrected chi connectivity index (χ3v) is 3.44. The monoisotopic (exact) mass is 285 g/mol. The van der Waals surface area contributed by atoms with Crippen LogP contribution in [-0.2, 0) is 4.79 Å². The maximum Gasteiger partial charge on any atom is 0.218 e. The lowest BCUT2D eigenvalue weighted by Gasteiger charge is -2.17. The van der Waals surface area contributed by atoms with Crippen LogP contribution in [0.15, 0.2) is 48.5 Å². The van der Waals surface area contributed by atoms with E-state index in [1.807, 2.05) is 48.5 Å². The molecule has 2 aromatic carbocycles. The molecule has 0 saturated carbocycles. The van der Waals surface area contributed by atoms with Gasteiger partial charge >= 0.3 is 0 Å².